The Morgan fingerprint density at radius 3 is 1.39 bits per heavy atom. The molecule has 0 saturated heterocycles. The second kappa shape index (κ2) is 22.3. The number of aromatic hydroxyl groups is 1. The number of aromatic nitrogens is 4. The number of fused-ring (bicyclic) bond motifs is 2. The highest BCUT2D eigenvalue weighted by atomic mass is 35.7. The fraction of sp³-hybridized carbons (Fsp3) is 0.348. The van der Waals surface area contributed by atoms with E-state index < -0.39 is 37.7 Å². The normalized spacial score (nSPS) is 15.3. The third kappa shape index (κ3) is 14.4. The van der Waals surface area contributed by atoms with Crippen LogP contribution in [0.25, 0.3) is 44.5 Å². The monoisotopic (exact) mass is 1100 g/mol. The van der Waals surface area contributed by atoms with Crippen LogP contribution in [0.5, 0.6) is 11.8 Å². The van der Waals surface area contributed by atoms with Gasteiger partial charge < -0.3 is 18.7 Å². The van der Waals surface area contributed by atoms with Crippen LogP contribution in [0.4, 0.5) is 26.3 Å². The maximum Gasteiger partial charge on any atom is 0.412 e. The summed E-state index contributed by atoms with van der Waals surface area (Å²) in [5, 5.41) is 12.0. The molecule has 2 unspecified atom stereocenters. The van der Waals surface area contributed by atoms with Crippen LogP contribution in [-0.4, -0.2) is 62.7 Å². The largest absolute Gasteiger partial charge is 0.493 e. The maximum atomic E-state index is 13.5. The molecule has 2 aromatic heterocycles. The van der Waals surface area contributed by atoms with Gasteiger partial charge in [0.15, 0.2) is 6.61 Å². The Balaban J connectivity index is 0.000000195. The van der Waals surface area contributed by atoms with E-state index in [4.69, 9.17) is 55.3 Å². The van der Waals surface area contributed by atoms with Gasteiger partial charge in [-0.05, 0) is 132 Å². The van der Waals surface area contributed by atoms with Gasteiger partial charge in [0.2, 0.25) is 18.3 Å². The first kappa shape index (κ1) is 54.5. The zero-order chi connectivity index (χ0) is 50.6. The predicted molar refractivity (Wildman–Crippen MR) is 270 cm³/mol. The zero-order valence-electron chi connectivity index (χ0n) is 37.5. The summed E-state index contributed by atoms with van der Waals surface area (Å²) in [4.78, 5) is 26.3. The van der Waals surface area contributed by atoms with Gasteiger partial charge in [-0.3, -0.25) is 19.0 Å². The Hall–Kier alpha value is -3.83. The summed E-state index contributed by atoms with van der Waals surface area (Å²) < 4.78 is 94.1. The Labute approximate surface area is 419 Å². The average molecular weight is 1100 g/mol. The lowest BCUT2D eigenvalue weighted by Gasteiger charge is -2.24. The van der Waals surface area contributed by atoms with Crippen molar-refractivity contribution < 1.29 is 45.0 Å². The van der Waals surface area contributed by atoms with Crippen molar-refractivity contribution in [1.82, 2.24) is 18.7 Å². The van der Waals surface area contributed by atoms with E-state index in [1.165, 1.54) is 13.3 Å². The lowest BCUT2D eigenvalue weighted by Crippen LogP contribution is -2.27. The Morgan fingerprint density at radius 2 is 0.971 bits per heavy atom. The summed E-state index contributed by atoms with van der Waals surface area (Å²) >= 11 is 26.9. The van der Waals surface area contributed by atoms with Gasteiger partial charge in [-0.25, -0.2) is 9.36 Å². The summed E-state index contributed by atoms with van der Waals surface area (Å²) in [6.07, 6.45) is -5.31. The van der Waals surface area contributed by atoms with Crippen LogP contribution in [0.3, 0.4) is 0 Å². The van der Waals surface area contributed by atoms with Crippen LogP contribution in [0.15, 0.2) is 94.5 Å². The van der Waals surface area contributed by atoms with Crippen LogP contribution in [0.2, 0.25) is 10.0 Å². The van der Waals surface area contributed by atoms with Crippen molar-refractivity contribution in [2.24, 2.45) is 0 Å². The van der Waals surface area contributed by atoms with Gasteiger partial charge in [0.1, 0.15) is 23.4 Å². The second-order valence-corrected chi connectivity index (χ2v) is 27.6. The van der Waals surface area contributed by atoms with Gasteiger partial charge in [0.05, 0.1) is 0 Å². The molecule has 372 valence electrons. The minimum atomic E-state index is -4.53. The van der Waals surface area contributed by atoms with Gasteiger partial charge in [0.25, 0.3) is 11.1 Å². The molecule has 23 heteroatoms. The van der Waals surface area contributed by atoms with Gasteiger partial charge in [-0.15, -0.1) is 0 Å². The fourth-order valence-electron chi connectivity index (χ4n) is 7.63. The molecule has 0 amide bonds. The SMILES string of the molecule is CP(=S)(Cl)OCC(F)(F)F.Cc1ccc(-c2ccc(Cl)cc2)cc1-c1c(O)n2n(c1=O)CCCC2.Cc1ccc(-c2ccc(Cl)cc2)cc1-c1c(OP(C)(=S)OCC(F)(F)F)n2n(c1=O)CCCC2. The molecule has 2 atom stereocenters. The molecule has 2 aliphatic rings. The lowest BCUT2D eigenvalue weighted by atomic mass is 9.96. The van der Waals surface area contributed by atoms with E-state index in [1.54, 1.807) is 30.9 Å². The molecule has 0 aliphatic carbocycles. The van der Waals surface area contributed by atoms with Gasteiger partial charge in [0, 0.05) is 49.6 Å². The molecule has 0 bridgehead atoms. The number of alkyl halides is 6. The topological polar surface area (TPSA) is 102 Å². The third-order valence-electron chi connectivity index (χ3n) is 10.9. The summed E-state index contributed by atoms with van der Waals surface area (Å²) in [6, 6.07) is 26.6. The van der Waals surface area contributed by atoms with Crippen molar-refractivity contribution in [2.45, 2.75) is 78.1 Å². The number of halogens is 9. The van der Waals surface area contributed by atoms with Gasteiger partial charge in [-0.1, -0.05) is 94.8 Å². The van der Waals surface area contributed by atoms with Crippen LogP contribution < -0.4 is 15.6 Å². The van der Waals surface area contributed by atoms with Crippen molar-refractivity contribution in [3.63, 3.8) is 0 Å². The van der Waals surface area contributed by atoms with E-state index in [2.05, 4.69) is 16.3 Å². The highest BCUT2D eigenvalue weighted by molar-refractivity contribution is 8.24. The second-order valence-electron chi connectivity index (χ2n) is 16.4. The minimum absolute atomic E-state index is 0.0704. The highest BCUT2D eigenvalue weighted by Gasteiger charge is 2.34. The molecule has 1 N–H and O–H groups in total. The summed E-state index contributed by atoms with van der Waals surface area (Å²) in [5.41, 5.74) is 4.60. The lowest BCUT2D eigenvalue weighted by molar-refractivity contribution is -0.153. The molecular formula is C46H47Cl3F6N4O6P2S2. The van der Waals surface area contributed by atoms with Crippen molar-refractivity contribution >= 4 is 70.2 Å². The van der Waals surface area contributed by atoms with Crippen LogP contribution in [-0.2, 0) is 58.8 Å². The number of rotatable bonds is 10. The van der Waals surface area contributed by atoms with Gasteiger partial charge >= 0.3 is 12.4 Å². The van der Waals surface area contributed by atoms with E-state index in [-0.39, 0.29) is 28.4 Å². The first-order valence-corrected chi connectivity index (χ1v) is 29.2. The Kier molecular flexibility index (Phi) is 17.6. The molecule has 0 fully saturated rings. The summed E-state index contributed by atoms with van der Waals surface area (Å²) in [7, 11) is 0. The molecule has 10 nitrogen and oxygen atoms in total. The fourth-order valence-corrected chi connectivity index (χ4v) is 9.87. The van der Waals surface area contributed by atoms with E-state index >= 15 is 0 Å². The Morgan fingerprint density at radius 1 is 0.594 bits per heavy atom. The average Bonchev–Trinajstić information content (AvgIpc) is 3.70. The molecular weight excluding hydrogens is 1050 g/mol. The number of aryl methyl sites for hydroxylation is 2. The highest BCUT2D eigenvalue weighted by Crippen LogP contribution is 2.50. The molecule has 8 rings (SSSR count). The molecule has 69 heavy (non-hydrogen) atoms. The first-order valence-electron chi connectivity index (χ1n) is 21.3. The number of hydrogen-bond acceptors (Lipinski definition) is 8. The quantitative estimate of drug-likeness (QED) is 0.107. The van der Waals surface area contributed by atoms with E-state index in [1.807, 2.05) is 86.6 Å². The van der Waals surface area contributed by atoms with Gasteiger partial charge in [-0.2, -0.15) is 26.3 Å². The summed E-state index contributed by atoms with van der Waals surface area (Å²) in [5.74, 6) is 0.232. The van der Waals surface area contributed by atoms with Crippen molar-refractivity contribution in [1.29, 1.82) is 0 Å². The summed E-state index contributed by atoms with van der Waals surface area (Å²) in [6.45, 7) is 2.54. The molecule has 2 aliphatic heterocycles. The maximum absolute atomic E-state index is 13.5. The molecule has 0 spiro atoms. The zero-order valence-corrected chi connectivity index (χ0v) is 43.2. The van der Waals surface area contributed by atoms with Crippen LogP contribution in [0.1, 0.15) is 36.8 Å². The number of nitrogens with zero attached hydrogens (tertiary/aromatic N) is 4. The number of benzene rings is 4. The third-order valence-corrected chi connectivity index (χ3v) is 14.3. The van der Waals surface area contributed by atoms with Crippen molar-refractivity contribution in [3.8, 4) is 56.3 Å². The first-order chi connectivity index (χ1) is 32.2. The van der Waals surface area contributed by atoms with E-state index in [9.17, 15) is 41.0 Å². The minimum Gasteiger partial charge on any atom is -0.493 e. The van der Waals surface area contributed by atoms with Crippen LogP contribution >= 0.6 is 46.6 Å². The molecule has 6 aromatic rings. The van der Waals surface area contributed by atoms with Crippen LogP contribution in [0, 0.1) is 13.8 Å². The van der Waals surface area contributed by atoms with Crippen molar-refractivity contribution in [2.75, 3.05) is 26.5 Å². The molecule has 0 radical (unpaired) electrons. The Bertz CT molecular complexity index is 3020. The molecule has 4 aromatic carbocycles. The van der Waals surface area contributed by atoms with E-state index in [0.29, 0.717) is 47.4 Å². The smallest absolute Gasteiger partial charge is 0.412 e. The standard InChI is InChI=1S/C23H23ClF3N2O3PS.C20H19ClN2O2.C3H5ClF3OPS/c1-15-5-6-17(16-7-9-18(24)10-8-16)13-19(15)20-21(30)28-11-3-4-12-29(28)22(20)32-33(2,34)31-14-23(25,26)27;1-13-4-5-15(14-6-8-16(21)9-7-14)12-17(13)18-19(24)22-10-2-3-11-23(22)20(18)25;1-9(4,10)8-2-3(5,6)7/h5-10,13H,3-4,11-12,14H2,1-2H3;4-9,12,24H,2-3,10-11H2,1H3;2H2,1H3. The number of hydrogen-bond donors (Lipinski definition) is 1. The molecule has 4 heterocycles. The molecule has 0 saturated carbocycles. The van der Waals surface area contributed by atoms with E-state index in [0.717, 1.165) is 64.6 Å². The van der Waals surface area contributed by atoms with Crippen molar-refractivity contribution in [3.05, 3.63) is 127 Å². The predicted octanol–water partition coefficient (Wildman–Crippen LogP) is 13.8.